The molecule has 0 heterocycles. The van der Waals surface area contributed by atoms with Crippen LogP contribution in [0.5, 0.6) is 5.75 Å². The quantitative estimate of drug-likeness (QED) is 0.461. The number of unbranched alkanes of at least 4 members (excludes halogenated alkanes) is 1. The van der Waals surface area contributed by atoms with E-state index in [1.807, 2.05) is 13.8 Å². The summed E-state index contributed by atoms with van der Waals surface area (Å²) in [5.41, 5.74) is 1.11. The van der Waals surface area contributed by atoms with Gasteiger partial charge < -0.3 is 20.7 Å². The normalized spacial score (nSPS) is 12.4. The van der Waals surface area contributed by atoms with E-state index in [1.54, 1.807) is 55.6 Å². The number of rotatable bonds is 11. The molecule has 2 aromatic rings. The molecule has 0 aliphatic carbocycles. The highest BCUT2D eigenvalue weighted by molar-refractivity contribution is 6.09. The topological polar surface area (TPSA) is 96.5 Å². The molecule has 2 atom stereocenters. The lowest BCUT2D eigenvalue weighted by atomic mass is 9.97. The van der Waals surface area contributed by atoms with Crippen LogP contribution in [0.2, 0.25) is 0 Å². The summed E-state index contributed by atoms with van der Waals surface area (Å²) in [6.45, 7) is 6.54. The van der Waals surface area contributed by atoms with Gasteiger partial charge >= 0.3 is 0 Å². The standard InChI is InChI=1S/C25H33N3O4/c1-5-7-16-26-25(31)22(17(3)6-2)28-24(30)20-10-8-9-11-21(20)27-23(29)18-12-14-19(32-4)15-13-18/h8-15,17,22H,5-7,16H2,1-4H3,(H,26,31)(H,27,29)(H,28,30)/t17-,22-/m0/s1. The molecule has 2 rings (SSSR count). The minimum Gasteiger partial charge on any atom is -0.497 e. The Kier molecular flexibility index (Phi) is 9.73. The second-order valence-electron chi connectivity index (χ2n) is 7.71. The average molecular weight is 440 g/mol. The molecule has 0 aliphatic heterocycles. The zero-order valence-electron chi connectivity index (χ0n) is 19.2. The van der Waals surface area contributed by atoms with Crippen LogP contribution in [0.25, 0.3) is 0 Å². The molecule has 3 N–H and O–H groups in total. The van der Waals surface area contributed by atoms with Crippen LogP contribution >= 0.6 is 0 Å². The van der Waals surface area contributed by atoms with E-state index >= 15 is 0 Å². The van der Waals surface area contributed by atoms with E-state index in [2.05, 4.69) is 22.9 Å². The predicted molar refractivity (Wildman–Crippen MR) is 126 cm³/mol. The lowest BCUT2D eigenvalue weighted by molar-refractivity contribution is -0.124. The molecule has 0 saturated heterocycles. The van der Waals surface area contributed by atoms with Gasteiger partial charge in [0.25, 0.3) is 11.8 Å². The number of nitrogens with one attached hydrogen (secondary N) is 3. The zero-order valence-corrected chi connectivity index (χ0v) is 19.2. The summed E-state index contributed by atoms with van der Waals surface area (Å²) in [4.78, 5) is 38.4. The van der Waals surface area contributed by atoms with Crippen LogP contribution in [0.15, 0.2) is 48.5 Å². The van der Waals surface area contributed by atoms with E-state index in [-0.39, 0.29) is 17.7 Å². The number of benzene rings is 2. The number of ether oxygens (including phenoxy) is 1. The Balaban J connectivity index is 2.16. The van der Waals surface area contributed by atoms with Gasteiger partial charge in [0.1, 0.15) is 11.8 Å². The maximum absolute atomic E-state index is 13.1. The first kappa shape index (κ1) is 24.9. The highest BCUT2D eigenvalue weighted by Gasteiger charge is 2.27. The van der Waals surface area contributed by atoms with Crippen molar-refractivity contribution in [3.8, 4) is 5.75 Å². The smallest absolute Gasteiger partial charge is 0.255 e. The maximum atomic E-state index is 13.1. The summed E-state index contributed by atoms with van der Waals surface area (Å²) in [6.07, 6.45) is 2.59. The first-order valence-electron chi connectivity index (χ1n) is 11.0. The zero-order chi connectivity index (χ0) is 23.5. The van der Waals surface area contributed by atoms with E-state index < -0.39 is 11.9 Å². The third kappa shape index (κ3) is 6.83. The molecule has 0 fully saturated rings. The van der Waals surface area contributed by atoms with Gasteiger partial charge in [-0.15, -0.1) is 0 Å². The molecule has 3 amide bonds. The van der Waals surface area contributed by atoms with Gasteiger partial charge in [-0.1, -0.05) is 45.7 Å². The van der Waals surface area contributed by atoms with E-state index in [4.69, 9.17) is 4.74 Å². The largest absolute Gasteiger partial charge is 0.497 e. The third-order valence-electron chi connectivity index (χ3n) is 5.38. The summed E-state index contributed by atoms with van der Waals surface area (Å²) in [5.74, 6) is -0.340. The Morgan fingerprint density at radius 1 is 0.969 bits per heavy atom. The lowest BCUT2D eigenvalue weighted by Gasteiger charge is -2.24. The van der Waals surface area contributed by atoms with E-state index in [0.717, 1.165) is 19.3 Å². The van der Waals surface area contributed by atoms with Gasteiger partial charge in [-0.3, -0.25) is 14.4 Å². The molecule has 172 valence electrons. The van der Waals surface area contributed by atoms with Crippen molar-refractivity contribution in [1.29, 1.82) is 0 Å². The molecule has 0 spiro atoms. The molecule has 0 radical (unpaired) electrons. The Morgan fingerprint density at radius 3 is 2.28 bits per heavy atom. The number of anilines is 1. The second-order valence-corrected chi connectivity index (χ2v) is 7.71. The minimum absolute atomic E-state index is 0.0402. The SMILES string of the molecule is CCCCNC(=O)[C@@H](NC(=O)c1ccccc1NC(=O)c1ccc(OC)cc1)[C@@H](C)CC. The van der Waals surface area contributed by atoms with Gasteiger partial charge in [0.15, 0.2) is 0 Å². The first-order valence-corrected chi connectivity index (χ1v) is 11.0. The maximum Gasteiger partial charge on any atom is 0.255 e. The molecule has 0 bridgehead atoms. The van der Waals surface area contributed by atoms with Crippen LogP contribution < -0.4 is 20.7 Å². The molecule has 7 heteroatoms. The fourth-order valence-electron chi connectivity index (χ4n) is 3.15. The monoisotopic (exact) mass is 439 g/mol. The van der Waals surface area contributed by atoms with Crippen LogP contribution in [0.4, 0.5) is 5.69 Å². The molecule has 7 nitrogen and oxygen atoms in total. The molecule has 2 aromatic carbocycles. The Bertz CT molecular complexity index is 912. The van der Waals surface area contributed by atoms with Crippen molar-refractivity contribution in [2.45, 2.75) is 46.1 Å². The lowest BCUT2D eigenvalue weighted by Crippen LogP contribution is -2.50. The first-order chi connectivity index (χ1) is 15.4. The number of carbonyl (C=O) groups excluding carboxylic acids is 3. The number of methoxy groups -OCH3 is 1. The van der Waals surface area contributed by atoms with Gasteiger partial charge in [0.05, 0.1) is 18.4 Å². The van der Waals surface area contributed by atoms with Crippen LogP contribution in [-0.2, 0) is 4.79 Å². The van der Waals surface area contributed by atoms with Crippen molar-refractivity contribution in [2.24, 2.45) is 5.92 Å². The van der Waals surface area contributed by atoms with E-state index in [9.17, 15) is 14.4 Å². The number of carbonyl (C=O) groups is 3. The Labute approximate surface area is 189 Å². The summed E-state index contributed by atoms with van der Waals surface area (Å²) >= 11 is 0. The molecule has 0 aliphatic rings. The van der Waals surface area contributed by atoms with Crippen molar-refractivity contribution in [2.75, 3.05) is 19.0 Å². The van der Waals surface area contributed by atoms with E-state index in [1.165, 1.54) is 0 Å². The number of hydrogen-bond acceptors (Lipinski definition) is 4. The number of para-hydroxylation sites is 1. The highest BCUT2D eigenvalue weighted by atomic mass is 16.5. The molecule has 32 heavy (non-hydrogen) atoms. The highest BCUT2D eigenvalue weighted by Crippen LogP contribution is 2.19. The third-order valence-corrected chi connectivity index (χ3v) is 5.38. The van der Waals surface area contributed by atoms with Gasteiger partial charge in [-0.25, -0.2) is 0 Å². The summed E-state index contributed by atoms with van der Waals surface area (Å²) in [5, 5.41) is 8.55. The Hall–Kier alpha value is -3.35. The van der Waals surface area contributed by atoms with Crippen LogP contribution in [0.1, 0.15) is 60.7 Å². The Morgan fingerprint density at radius 2 is 1.66 bits per heavy atom. The molecule has 0 unspecified atom stereocenters. The van der Waals surface area contributed by atoms with Gasteiger partial charge in [-0.2, -0.15) is 0 Å². The van der Waals surface area contributed by atoms with Crippen molar-refractivity contribution in [3.63, 3.8) is 0 Å². The van der Waals surface area contributed by atoms with E-state index in [0.29, 0.717) is 29.1 Å². The van der Waals surface area contributed by atoms with Crippen molar-refractivity contribution in [3.05, 3.63) is 59.7 Å². The minimum atomic E-state index is -0.658. The van der Waals surface area contributed by atoms with Gasteiger partial charge in [0.2, 0.25) is 5.91 Å². The molecular formula is C25H33N3O4. The second kappa shape index (κ2) is 12.5. The summed E-state index contributed by atoms with van der Waals surface area (Å²) in [6, 6.07) is 12.8. The van der Waals surface area contributed by atoms with Gasteiger partial charge in [0, 0.05) is 12.1 Å². The fourth-order valence-corrected chi connectivity index (χ4v) is 3.15. The van der Waals surface area contributed by atoms with Gasteiger partial charge in [-0.05, 0) is 48.7 Å². The van der Waals surface area contributed by atoms with Crippen LogP contribution in [0.3, 0.4) is 0 Å². The summed E-state index contributed by atoms with van der Waals surface area (Å²) < 4.78 is 5.12. The molecule has 0 saturated carbocycles. The number of amides is 3. The molecule has 0 aromatic heterocycles. The molecular weight excluding hydrogens is 406 g/mol. The number of hydrogen-bond donors (Lipinski definition) is 3. The van der Waals surface area contributed by atoms with Crippen molar-refractivity contribution < 1.29 is 19.1 Å². The fraction of sp³-hybridized carbons (Fsp3) is 0.400. The predicted octanol–water partition coefficient (Wildman–Crippen LogP) is 4.01. The average Bonchev–Trinajstić information content (AvgIpc) is 2.82. The van der Waals surface area contributed by atoms with Crippen molar-refractivity contribution >= 4 is 23.4 Å². The van der Waals surface area contributed by atoms with Crippen LogP contribution in [0, 0.1) is 5.92 Å². The van der Waals surface area contributed by atoms with Crippen LogP contribution in [-0.4, -0.2) is 37.4 Å². The van der Waals surface area contributed by atoms with Crippen molar-refractivity contribution in [1.82, 2.24) is 10.6 Å². The summed E-state index contributed by atoms with van der Waals surface area (Å²) in [7, 11) is 1.56.